The molecule has 10 nitrogen and oxygen atoms in total. The van der Waals surface area contributed by atoms with Crippen molar-refractivity contribution in [3.63, 3.8) is 0 Å². The number of hydrogen-bond donors (Lipinski definition) is 4. The van der Waals surface area contributed by atoms with Gasteiger partial charge in [0.2, 0.25) is 5.78 Å². The quantitative estimate of drug-likeness (QED) is 0.349. The number of phenols is 2. The zero-order chi connectivity index (χ0) is 27.3. The van der Waals surface area contributed by atoms with Crippen LogP contribution < -0.4 is 10.5 Å². The molecule has 39 heavy (non-hydrogen) atoms. The number of aliphatic hydroxyl groups excluding tert-OH is 1. The van der Waals surface area contributed by atoms with Crippen molar-refractivity contribution in [1.29, 1.82) is 0 Å². The zero-order valence-corrected chi connectivity index (χ0v) is 22.4. The largest absolute Gasteiger partial charge is 0.507 e. The van der Waals surface area contributed by atoms with Crippen LogP contribution in [0, 0.1) is 5.41 Å². The number of rotatable bonds is 4. The van der Waals surface area contributed by atoms with Gasteiger partial charge in [-0.2, -0.15) is 0 Å². The molecular weight excluding hydrogens is 530 g/mol. The smallest absolute Gasteiger partial charge is 0.202 e. The standard InChI is InChI=1S/C28H29NO9.ClH/c1-10-23(31)14(29)7-17(37-10)38-16-9-28(11(2)30)8-13(28)19-20(16)27(35)22-21(26(19)34)24(32)12-5-4-6-15(36-3)18(12)25(22)33;/h4-6,10,13-14,16-17,23,31,34-35H,7-9,29H2,1-3H3;1H. The number of aliphatic hydroxyl groups is 1. The van der Waals surface area contributed by atoms with Crippen LogP contribution in [0.1, 0.15) is 88.1 Å². The second kappa shape index (κ2) is 9.28. The SMILES string of the molecule is COc1cccc2c1C(=O)c1c(O)c3c(c(O)c1C2=O)C1CC1(C(C)=O)CC3OC1CC(N)C(O)C(C)O1.Cl. The number of phenolic OH excluding ortho intramolecular Hbond substituents is 2. The van der Waals surface area contributed by atoms with Gasteiger partial charge in [-0.05, 0) is 32.8 Å². The number of hydrogen-bond acceptors (Lipinski definition) is 10. The molecule has 0 aromatic heterocycles. The van der Waals surface area contributed by atoms with Crippen LogP contribution in [0.3, 0.4) is 0 Å². The Labute approximate surface area is 230 Å². The number of ether oxygens (including phenoxy) is 3. The lowest BCUT2D eigenvalue weighted by atomic mass is 9.73. The first-order valence-corrected chi connectivity index (χ1v) is 12.7. The van der Waals surface area contributed by atoms with Crippen molar-refractivity contribution in [3.05, 3.63) is 51.6 Å². The summed E-state index contributed by atoms with van der Waals surface area (Å²) in [5.41, 5.74) is 5.10. The van der Waals surface area contributed by atoms with Crippen molar-refractivity contribution in [1.82, 2.24) is 0 Å². The fraction of sp³-hybridized carbons (Fsp3) is 0.464. The van der Waals surface area contributed by atoms with E-state index in [1.54, 1.807) is 19.1 Å². The van der Waals surface area contributed by atoms with Gasteiger partial charge in [0, 0.05) is 40.5 Å². The first-order valence-electron chi connectivity index (χ1n) is 12.7. The van der Waals surface area contributed by atoms with Crippen molar-refractivity contribution in [3.8, 4) is 17.2 Å². The minimum absolute atomic E-state index is 0. The fourth-order valence-corrected chi connectivity index (χ4v) is 6.61. The number of aromatic hydroxyl groups is 2. The fourth-order valence-electron chi connectivity index (χ4n) is 6.61. The first kappa shape index (κ1) is 27.5. The second-order valence-electron chi connectivity index (χ2n) is 10.8. The van der Waals surface area contributed by atoms with E-state index in [2.05, 4.69) is 0 Å². The van der Waals surface area contributed by atoms with E-state index in [4.69, 9.17) is 19.9 Å². The Hall–Kier alpha value is -3.02. The number of methoxy groups -OCH3 is 1. The number of ketones is 3. The van der Waals surface area contributed by atoms with Gasteiger partial charge in [-0.3, -0.25) is 14.4 Å². The summed E-state index contributed by atoms with van der Waals surface area (Å²) in [4.78, 5) is 40.1. The molecule has 0 bridgehead atoms. The Morgan fingerprint density at radius 3 is 2.38 bits per heavy atom. The van der Waals surface area contributed by atoms with Crippen molar-refractivity contribution >= 4 is 29.8 Å². The number of halogens is 1. The van der Waals surface area contributed by atoms with Crippen molar-refractivity contribution < 1.29 is 43.9 Å². The molecule has 1 saturated carbocycles. The summed E-state index contributed by atoms with van der Waals surface area (Å²) in [6.45, 7) is 3.14. The van der Waals surface area contributed by atoms with Crippen molar-refractivity contribution in [2.75, 3.05) is 7.11 Å². The second-order valence-corrected chi connectivity index (χ2v) is 10.8. The lowest BCUT2D eigenvalue weighted by Gasteiger charge is -2.40. The van der Waals surface area contributed by atoms with Gasteiger partial charge < -0.3 is 35.3 Å². The van der Waals surface area contributed by atoms with Gasteiger partial charge in [0.05, 0.1) is 42.1 Å². The molecule has 4 aliphatic rings. The molecule has 7 unspecified atom stereocenters. The van der Waals surface area contributed by atoms with Crippen LogP contribution >= 0.6 is 12.4 Å². The Balaban J connectivity index is 0.00000308. The lowest BCUT2D eigenvalue weighted by molar-refractivity contribution is -0.243. The highest BCUT2D eigenvalue weighted by Crippen LogP contribution is 2.71. The third kappa shape index (κ3) is 3.73. The minimum atomic E-state index is -0.939. The average Bonchev–Trinajstić information content (AvgIpc) is 3.62. The molecule has 1 aliphatic heterocycles. The molecule has 2 aromatic rings. The first-order chi connectivity index (χ1) is 18.0. The van der Waals surface area contributed by atoms with E-state index in [1.165, 1.54) is 20.1 Å². The normalized spacial score (nSPS) is 32.2. The third-order valence-corrected chi connectivity index (χ3v) is 8.76. The third-order valence-electron chi connectivity index (χ3n) is 8.76. The molecule has 208 valence electrons. The summed E-state index contributed by atoms with van der Waals surface area (Å²) < 4.78 is 17.4. The van der Waals surface area contributed by atoms with Gasteiger partial charge >= 0.3 is 0 Å². The number of carbonyl (C=O) groups is 3. The number of nitrogens with two attached hydrogens (primary N) is 1. The highest BCUT2D eigenvalue weighted by Gasteiger charge is 2.65. The number of benzene rings is 2. The van der Waals surface area contributed by atoms with E-state index < -0.39 is 65.0 Å². The predicted octanol–water partition coefficient (Wildman–Crippen LogP) is 2.65. The van der Waals surface area contributed by atoms with E-state index in [-0.39, 0.29) is 70.2 Å². The average molecular weight is 560 g/mol. The van der Waals surface area contributed by atoms with Crippen LogP contribution in [-0.4, -0.2) is 64.3 Å². The van der Waals surface area contributed by atoms with Gasteiger partial charge in [0.1, 0.15) is 23.0 Å². The van der Waals surface area contributed by atoms with Gasteiger partial charge in [-0.25, -0.2) is 0 Å². The molecule has 2 aromatic carbocycles. The molecule has 0 spiro atoms. The zero-order valence-electron chi connectivity index (χ0n) is 21.6. The molecule has 1 heterocycles. The molecule has 1 saturated heterocycles. The highest BCUT2D eigenvalue weighted by atomic mass is 35.5. The van der Waals surface area contributed by atoms with Crippen LogP contribution in [0.5, 0.6) is 17.2 Å². The minimum Gasteiger partial charge on any atom is -0.507 e. The lowest BCUT2D eigenvalue weighted by Crippen LogP contribution is -2.52. The van der Waals surface area contributed by atoms with Gasteiger partial charge in [0.15, 0.2) is 12.1 Å². The molecule has 11 heteroatoms. The Kier molecular flexibility index (Phi) is 6.55. The van der Waals surface area contributed by atoms with Crippen molar-refractivity contribution in [2.45, 2.75) is 69.7 Å². The number of carbonyl (C=O) groups excluding carboxylic acids is 3. The number of fused-ring (bicyclic) bond motifs is 5. The maximum Gasteiger partial charge on any atom is 0.202 e. The molecule has 3 aliphatic carbocycles. The predicted molar refractivity (Wildman–Crippen MR) is 139 cm³/mol. The Bertz CT molecular complexity index is 1410. The molecule has 5 N–H and O–H groups in total. The Morgan fingerprint density at radius 2 is 1.74 bits per heavy atom. The van der Waals surface area contributed by atoms with Crippen LogP contribution in [0.25, 0.3) is 0 Å². The summed E-state index contributed by atoms with van der Waals surface area (Å²) in [5.74, 6) is -2.53. The summed E-state index contributed by atoms with van der Waals surface area (Å²) >= 11 is 0. The van der Waals surface area contributed by atoms with Crippen molar-refractivity contribution in [2.24, 2.45) is 11.1 Å². The van der Waals surface area contributed by atoms with Crippen LogP contribution in [0.15, 0.2) is 18.2 Å². The molecule has 7 atom stereocenters. The Morgan fingerprint density at radius 1 is 1.08 bits per heavy atom. The summed E-state index contributed by atoms with van der Waals surface area (Å²) in [5, 5.41) is 33.3. The number of Topliss-reactive ketones (excluding diaryl/α,β-unsaturated/α-hetero) is 1. The molecule has 6 rings (SSSR count). The topological polar surface area (TPSA) is 166 Å². The van der Waals surface area contributed by atoms with Gasteiger partial charge in [0.25, 0.3) is 0 Å². The molecule has 0 amide bonds. The van der Waals surface area contributed by atoms with E-state index in [0.717, 1.165) is 0 Å². The summed E-state index contributed by atoms with van der Waals surface area (Å²) in [6.07, 6.45) is -2.54. The maximum absolute atomic E-state index is 13.7. The highest BCUT2D eigenvalue weighted by molar-refractivity contribution is 6.31. The monoisotopic (exact) mass is 559 g/mol. The summed E-state index contributed by atoms with van der Waals surface area (Å²) in [7, 11) is 1.37. The maximum atomic E-state index is 13.7. The van der Waals surface area contributed by atoms with Crippen LogP contribution in [-0.2, 0) is 14.3 Å². The molecular formula is C28H30ClNO9. The molecule has 2 fully saturated rings. The molecule has 0 radical (unpaired) electrons. The van der Waals surface area contributed by atoms with E-state index in [0.29, 0.717) is 6.42 Å². The van der Waals surface area contributed by atoms with Gasteiger partial charge in [-0.15, -0.1) is 12.4 Å². The van der Waals surface area contributed by atoms with Crippen LogP contribution in [0.2, 0.25) is 0 Å². The van der Waals surface area contributed by atoms with E-state index in [9.17, 15) is 29.7 Å². The van der Waals surface area contributed by atoms with E-state index >= 15 is 0 Å². The van der Waals surface area contributed by atoms with Gasteiger partial charge in [-0.1, -0.05) is 12.1 Å². The summed E-state index contributed by atoms with van der Waals surface area (Å²) in [6, 6.07) is 3.97. The van der Waals surface area contributed by atoms with Crippen LogP contribution in [0.4, 0.5) is 0 Å². The van der Waals surface area contributed by atoms with E-state index in [1.807, 2.05) is 0 Å².